The number of carbonyl (C=O) groups excluding carboxylic acids is 1. The van der Waals surface area contributed by atoms with Crippen molar-refractivity contribution in [3.8, 4) is 0 Å². The van der Waals surface area contributed by atoms with Crippen molar-refractivity contribution in [3.05, 3.63) is 52.9 Å². The summed E-state index contributed by atoms with van der Waals surface area (Å²) < 4.78 is 27.8. The molecule has 0 unspecified atom stereocenters. The van der Waals surface area contributed by atoms with E-state index in [0.717, 1.165) is 16.9 Å². The highest BCUT2D eigenvalue weighted by Gasteiger charge is 2.49. The second kappa shape index (κ2) is 7.98. The van der Waals surface area contributed by atoms with Gasteiger partial charge in [0.05, 0.1) is 4.88 Å². The van der Waals surface area contributed by atoms with Crippen molar-refractivity contribution in [2.24, 2.45) is 5.92 Å². The van der Waals surface area contributed by atoms with E-state index < -0.39 is 16.2 Å². The van der Waals surface area contributed by atoms with Crippen molar-refractivity contribution < 1.29 is 28.2 Å². The molecule has 1 aromatic heterocycles. The van der Waals surface area contributed by atoms with Gasteiger partial charge in [0.25, 0.3) is 0 Å². The molecular formula is C17H19NO6S2. The fourth-order valence-electron chi connectivity index (χ4n) is 2.72. The van der Waals surface area contributed by atoms with E-state index in [4.69, 9.17) is 15.0 Å². The third-order valence-corrected chi connectivity index (χ3v) is 7.19. The molecule has 0 bridgehead atoms. The molecule has 0 saturated heterocycles. The number of sulfonamides is 1. The Hall–Kier alpha value is -2.23. The van der Waals surface area contributed by atoms with E-state index in [1.807, 2.05) is 37.3 Å². The molecule has 1 aromatic carbocycles. The monoisotopic (exact) mass is 397 g/mol. The Kier molecular flexibility index (Phi) is 6.17. The summed E-state index contributed by atoms with van der Waals surface area (Å²) in [5.74, 6) is 0.362. The van der Waals surface area contributed by atoms with Gasteiger partial charge < -0.3 is 10.2 Å². The van der Waals surface area contributed by atoms with Gasteiger partial charge in [-0.3, -0.25) is 4.79 Å². The fraction of sp³-hybridized carbons (Fsp3) is 0.294. The van der Waals surface area contributed by atoms with Gasteiger partial charge in [-0.1, -0.05) is 37.3 Å². The lowest BCUT2D eigenvalue weighted by Crippen LogP contribution is -2.27. The largest absolute Gasteiger partial charge is 0.503 e. The van der Waals surface area contributed by atoms with Crippen LogP contribution in [-0.4, -0.2) is 36.6 Å². The van der Waals surface area contributed by atoms with Gasteiger partial charge >= 0.3 is 6.16 Å². The maximum Gasteiger partial charge on any atom is 0.503 e. The van der Waals surface area contributed by atoms with Gasteiger partial charge in [-0.2, -0.15) is 0 Å². The molecule has 3 rings (SSSR count). The maximum absolute atomic E-state index is 12.4. The lowest BCUT2D eigenvalue weighted by molar-refractivity contribution is 0.102. The summed E-state index contributed by atoms with van der Waals surface area (Å²) in [7, 11) is -3.57. The molecule has 3 N–H and O–H groups in total. The number of Topliss-reactive ketones (excluding diaryl/α,β-unsaturated/α-hetero) is 1. The first-order chi connectivity index (χ1) is 12.1. The number of benzene rings is 1. The summed E-state index contributed by atoms with van der Waals surface area (Å²) in [4.78, 5) is 20.3. The van der Waals surface area contributed by atoms with Gasteiger partial charge in [0.2, 0.25) is 10.0 Å². The van der Waals surface area contributed by atoms with E-state index in [9.17, 15) is 13.2 Å². The average Bonchev–Trinajstić information content (AvgIpc) is 2.99. The summed E-state index contributed by atoms with van der Waals surface area (Å²) in [6, 6.07) is 12.9. The first kappa shape index (κ1) is 20.1. The molecule has 9 heteroatoms. The minimum Gasteiger partial charge on any atom is -0.450 e. The summed E-state index contributed by atoms with van der Waals surface area (Å²) in [5, 5.41) is 13.9. The molecule has 0 aliphatic heterocycles. The molecular weight excluding hydrogens is 378 g/mol. The summed E-state index contributed by atoms with van der Waals surface area (Å²) in [5.41, 5.74) is 1.15. The van der Waals surface area contributed by atoms with Crippen LogP contribution in [0.1, 0.15) is 35.0 Å². The van der Waals surface area contributed by atoms with Crippen molar-refractivity contribution in [1.82, 2.24) is 4.72 Å². The minimum absolute atomic E-state index is 0.0877. The molecule has 26 heavy (non-hydrogen) atoms. The zero-order valence-electron chi connectivity index (χ0n) is 14.1. The number of rotatable bonds is 5. The van der Waals surface area contributed by atoms with Crippen LogP contribution in [0.2, 0.25) is 0 Å². The Bertz CT molecular complexity index is 887. The molecule has 1 heterocycles. The van der Waals surface area contributed by atoms with Crippen molar-refractivity contribution in [2.45, 2.75) is 30.0 Å². The molecule has 1 fully saturated rings. The number of carboxylic acid groups (broad SMARTS) is 2. The van der Waals surface area contributed by atoms with Crippen LogP contribution in [0.4, 0.5) is 4.79 Å². The molecule has 140 valence electrons. The number of hydrogen-bond donors (Lipinski definition) is 3. The van der Waals surface area contributed by atoms with Crippen LogP contribution < -0.4 is 4.72 Å². The Morgan fingerprint density at radius 3 is 2.15 bits per heavy atom. The number of carbonyl (C=O) groups is 2. The molecule has 1 aliphatic rings. The SMILES string of the molecule is CC(=O)c1ccc(S(=O)(=O)N[C@H]2[C@H](C)[C@@H]2c2ccccc2)s1.O=C(O)O. The Balaban J connectivity index is 0.000000552. The van der Waals surface area contributed by atoms with E-state index >= 15 is 0 Å². The van der Waals surface area contributed by atoms with E-state index in [1.165, 1.54) is 13.0 Å². The van der Waals surface area contributed by atoms with Crippen LogP contribution in [-0.2, 0) is 10.0 Å². The Morgan fingerprint density at radius 1 is 1.08 bits per heavy atom. The zero-order chi connectivity index (χ0) is 19.5. The molecule has 0 amide bonds. The van der Waals surface area contributed by atoms with Crippen molar-refractivity contribution in [3.63, 3.8) is 0 Å². The Labute approximate surface area is 155 Å². The highest BCUT2D eigenvalue weighted by molar-refractivity contribution is 7.91. The molecule has 1 aliphatic carbocycles. The Morgan fingerprint density at radius 2 is 1.65 bits per heavy atom. The normalized spacial score (nSPS) is 21.4. The fourth-order valence-corrected chi connectivity index (χ4v) is 5.29. The first-order valence-corrected chi connectivity index (χ1v) is 10.0. The average molecular weight is 397 g/mol. The first-order valence-electron chi connectivity index (χ1n) is 7.73. The highest BCUT2D eigenvalue weighted by Crippen LogP contribution is 2.48. The number of thiophene rings is 1. The smallest absolute Gasteiger partial charge is 0.450 e. The van der Waals surface area contributed by atoms with Crippen LogP contribution in [0, 0.1) is 5.92 Å². The summed E-state index contributed by atoms with van der Waals surface area (Å²) in [6.07, 6.45) is -1.83. The molecule has 1 saturated carbocycles. The van der Waals surface area contributed by atoms with Crippen LogP contribution in [0.15, 0.2) is 46.7 Å². The number of ketones is 1. The lowest BCUT2D eigenvalue weighted by atomic mass is 10.1. The second-order valence-electron chi connectivity index (χ2n) is 5.90. The van der Waals surface area contributed by atoms with Crippen LogP contribution in [0.5, 0.6) is 0 Å². The summed E-state index contributed by atoms with van der Waals surface area (Å²) >= 11 is 1.02. The van der Waals surface area contributed by atoms with Crippen molar-refractivity contribution in [1.29, 1.82) is 0 Å². The predicted octanol–water partition coefficient (Wildman–Crippen LogP) is 3.25. The van der Waals surface area contributed by atoms with Crippen LogP contribution >= 0.6 is 11.3 Å². The molecule has 0 radical (unpaired) electrons. The van der Waals surface area contributed by atoms with E-state index in [0.29, 0.717) is 4.88 Å². The van der Waals surface area contributed by atoms with E-state index in [1.54, 1.807) is 6.07 Å². The van der Waals surface area contributed by atoms with E-state index in [-0.39, 0.29) is 27.9 Å². The molecule has 3 atom stereocenters. The van der Waals surface area contributed by atoms with Gasteiger partial charge in [-0.05, 0) is 30.5 Å². The third-order valence-electron chi connectivity index (χ3n) is 4.05. The summed E-state index contributed by atoms with van der Waals surface area (Å²) in [6.45, 7) is 3.48. The quantitative estimate of drug-likeness (QED) is 0.666. The van der Waals surface area contributed by atoms with Gasteiger partial charge in [0.15, 0.2) is 5.78 Å². The minimum atomic E-state index is -3.57. The molecule has 2 aromatic rings. The van der Waals surface area contributed by atoms with Crippen LogP contribution in [0.3, 0.4) is 0 Å². The molecule has 0 spiro atoms. The van der Waals surface area contributed by atoms with Gasteiger partial charge in [0, 0.05) is 12.0 Å². The second-order valence-corrected chi connectivity index (χ2v) is 8.92. The standard InChI is InChI=1S/C16H17NO3S2.CH2O3/c1-10-15(12-6-4-3-5-7-12)16(10)17-22(19,20)14-9-8-13(21-14)11(2)18;2-1(3)4/h3-10,15-17H,1-2H3;(H2,2,3,4)/t10-,15-,16+;/m1./s1. The van der Waals surface area contributed by atoms with Crippen molar-refractivity contribution >= 4 is 33.3 Å². The third kappa shape index (κ3) is 4.90. The van der Waals surface area contributed by atoms with Gasteiger partial charge in [-0.15, -0.1) is 11.3 Å². The highest BCUT2D eigenvalue weighted by atomic mass is 32.2. The molecule has 7 nitrogen and oxygen atoms in total. The van der Waals surface area contributed by atoms with E-state index in [2.05, 4.69) is 4.72 Å². The number of nitrogens with one attached hydrogen (secondary N) is 1. The number of hydrogen-bond acceptors (Lipinski definition) is 5. The van der Waals surface area contributed by atoms with Gasteiger partial charge in [0.1, 0.15) is 4.21 Å². The van der Waals surface area contributed by atoms with Crippen LogP contribution in [0.25, 0.3) is 0 Å². The maximum atomic E-state index is 12.4. The topological polar surface area (TPSA) is 121 Å². The van der Waals surface area contributed by atoms with Gasteiger partial charge in [-0.25, -0.2) is 17.9 Å². The van der Waals surface area contributed by atoms with Crippen molar-refractivity contribution in [2.75, 3.05) is 0 Å². The lowest BCUT2D eigenvalue weighted by Gasteiger charge is -2.04. The predicted molar refractivity (Wildman–Crippen MR) is 97.4 cm³/mol. The zero-order valence-corrected chi connectivity index (χ0v) is 15.8.